The van der Waals surface area contributed by atoms with Crippen molar-refractivity contribution >= 4 is 23.4 Å². The number of aromatic nitrogens is 1. The molecule has 1 amide bonds. The van der Waals surface area contributed by atoms with Gasteiger partial charge in [0.15, 0.2) is 0 Å². The van der Waals surface area contributed by atoms with Crippen LogP contribution in [0.3, 0.4) is 0 Å². The summed E-state index contributed by atoms with van der Waals surface area (Å²) in [5.41, 5.74) is 1.21. The van der Waals surface area contributed by atoms with Gasteiger partial charge in [-0.1, -0.05) is 12.1 Å². The number of anilines is 1. The van der Waals surface area contributed by atoms with Crippen molar-refractivity contribution in [3.63, 3.8) is 0 Å². The zero-order chi connectivity index (χ0) is 14.4. The molecule has 100 valence electrons. The highest BCUT2D eigenvalue weighted by atomic mass is 16.6. The molecule has 0 aliphatic heterocycles. The van der Waals surface area contributed by atoms with Crippen LogP contribution in [0.25, 0.3) is 6.08 Å². The first-order valence-electron chi connectivity index (χ1n) is 5.79. The quantitative estimate of drug-likeness (QED) is 0.525. The lowest BCUT2D eigenvalue weighted by atomic mass is 10.2. The van der Waals surface area contributed by atoms with E-state index in [1.807, 2.05) is 0 Å². The minimum Gasteiger partial charge on any atom is -0.322 e. The number of amides is 1. The average molecular weight is 269 g/mol. The predicted molar refractivity (Wildman–Crippen MR) is 75.0 cm³/mol. The summed E-state index contributed by atoms with van der Waals surface area (Å²) in [5, 5.41) is 13.3. The van der Waals surface area contributed by atoms with E-state index in [2.05, 4.69) is 10.3 Å². The Morgan fingerprint density at radius 3 is 2.70 bits per heavy atom. The van der Waals surface area contributed by atoms with Crippen LogP contribution in [-0.2, 0) is 4.79 Å². The Bertz CT molecular complexity index is 654. The normalized spacial score (nSPS) is 10.4. The molecule has 1 N–H and O–H groups in total. The van der Waals surface area contributed by atoms with E-state index in [9.17, 15) is 14.9 Å². The molecule has 0 aliphatic carbocycles. The van der Waals surface area contributed by atoms with Crippen LogP contribution in [0.2, 0.25) is 0 Å². The van der Waals surface area contributed by atoms with Gasteiger partial charge in [-0.2, -0.15) is 0 Å². The van der Waals surface area contributed by atoms with E-state index in [1.54, 1.807) is 36.7 Å². The van der Waals surface area contributed by atoms with Gasteiger partial charge in [0.25, 0.3) is 5.69 Å². The fraction of sp³-hybridized carbons (Fsp3) is 0. The topological polar surface area (TPSA) is 85.1 Å². The maximum absolute atomic E-state index is 11.7. The summed E-state index contributed by atoms with van der Waals surface area (Å²) in [4.78, 5) is 25.6. The highest BCUT2D eigenvalue weighted by Gasteiger charge is 2.04. The van der Waals surface area contributed by atoms with E-state index in [0.717, 1.165) is 0 Å². The fourth-order valence-electron chi connectivity index (χ4n) is 1.53. The van der Waals surface area contributed by atoms with Crippen LogP contribution in [0.15, 0.2) is 54.9 Å². The Kier molecular flexibility index (Phi) is 4.18. The Labute approximate surface area is 114 Å². The molecule has 0 fully saturated rings. The van der Waals surface area contributed by atoms with E-state index in [-0.39, 0.29) is 11.6 Å². The van der Waals surface area contributed by atoms with Crippen LogP contribution in [0.1, 0.15) is 5.56 Å². The minimum atomic E-state index is -0.478. The lowest BCUT2D eigenvalue weighted by molar-refractivity contribution is -0.384. The van der Waals surface area contributed by atoms with E-state index in [4.69, 9.17) is 0 Å². The lowest BCUT2D eigenvalue weighted by Gasteiger charge is -2.00. The summed E-state index contributed by atoms with van der Waals surface area (Å²) in [6.07, 6.45) is 5.97. The van der Waals surface area contributed by atoms with Gasteiger partial charge in [0.05, 0.1) is 4.92 Å². The zero-order valence-corrected chi connectivity index (χ0v) is 10.4. The van der Waals surface area contributed by atoms with Crippen molar-refractivity contribution in [2.75, 3.05) is 5.32 Å². The summed E-state index contributed by atoms with van der Waals surface area (Å²) >= 11 is 0. The highest BCUT2D eigenvalue weighted by molar-refractivity contribution is 6.01. The maximum Gasteiger partial charge on any atom is 0.270 e. The van der Waals surface area contributed by atoms with E-state index < -0.39 is 4.92 Å². The molecule has 0 bridgehead atoms. The number of nitrogens with one attached hydrogen (secondary N) is 1. The molecule has 2 aromatic rings. The van der Waals surface area contributed by atoms with Crippen LogP contribution in [0.4, 0.5) is 11.4 Å². The summed E-state index contributed by atoms with van der Waals surface area (Å²) in [7, 11) is 0. The standard InChI is InChI=1S/C14H11N3O3/c18-14(16-12-6-8-15-9-7-12)5-4-11-2-1-3-13(10-11)17(19)20/h1-10H,(H,15,16,18). The largest absolute Gasteiger partial charge is 0.322 e. The van der Waals surface area contributed by atoms with Gasteiger partial charge in [-0.15, -0.1) is 0 Å². The average Bonchev–Trinajstić information content (AvgIpc) is 2.46. The van der Waals surface area contributed by atoms with E-state index >= 15 is 0 Å². The molecule has 1 aromatic carbocycles. The van der Waals surface area contributed by atoms with Crippen molar-refractivity contribution in [1.82, 2.24) is 4.98 Å². The van der Waals surface area contributed by atoms with Crippen molar-refractivity contribution in [2.24, 2.45) is 0 Å². The first kappa shape index (κ1) is 13.4. The van der Waals surface area contributed by atoms with Gasteiger partial charge in [-0.3, -0.25) is 19.9 Å². The molecule has 0 saturated carbocycles. The number of carbonyl (C=O) groups is 1. The molecule has 0 unspecified atom stereocenters. The van der Waals surface area contributed by atoms with Crippen molar-refractivity contribution in [3.8, 4) is 0 Å². The molecular formula is C14H11N3O3. The predicted octanol–water partition coefficient (Wildman–Crippen LogP) is 2.64. The third-order valence-corrected chi connectivity index (χ3v) is 2.46. The van der Waals surface area contributed by atoms with Gasteiger partial charge in [-0.25, -0.2) is 0 Å². The van der Waals surface area contributed by atoms with Crippen molar-refractivity contribution < 1.29 is 9.72 Å². The maximum atomic E-state index is 11.7. The molecule has 2 rings (SSSR count). The number of rotatable bonds is 4. The van der Waals surface area contributed by atoms with Gasteiger partial charge in [0.1, 0.15) is 0 Å². The molecule has 6 heteroatoms. The monoisotopic (exact) mass is 269 g/mol. The molecule has 0 aliphatic rings. The van der Waals surface area contributed by atoms with Gasteiger partial charge in [0, 0.05) is 36.3 Å². The third kappa shape index (κ3) is 3.74. The third-order valence-electron chi connectivity index (χ3n) is 2.46. The summed E-state index contributed by atoms with van der Waals surface area (Å²) in [5.74, 6) is -0.317. The van der Waals surface area contributed by atoms with Crippen molar-refractivity contribution in [1.29, 1.82) is 0 Å². The fourth-order valence-corrected chi connectivity index (χ4v) is 1.53. The molecule has 6 nitrogen and oxygen atoms in total. The SMILES string of the molecule is O=C(C=Cc1cccc([N+](=O)[O-])c1)Nc1ccncc1. The zero-order valence-electron chi connectivity index (χ0n) is 10.4. The van der Waals surface area contributed by atoms with E-state index in [1.165, 1.54) is 24.3 Å². The minimum absolute atomic E-state index is 0.0123. The van der Waals surface area contributed by atoms with Crippen LogP contribution < -0.4 is 5.32 Å². The molecule has 0 atom stereocenters. The second-order valence-corrected chi connectivity index (χ2v) is 3.91. The number of carbonyl (C=O) groups excluding carboxylic acids is 1. The van der Waals surface area contributed by atoms with Gasteiger partial charge in [-0.05, 0) is 23.8 Å². The van der Waals surface area contributed by atoms with Crippen LogP contribution in [0, 0.1) is 10.1 Å². The number of nitro groups is 1. The Balaban J connectivity index is 2.04. The van der Waals surface area contributed by atoms with Crippen molar-refractivity contribution in [2.45, 2.75) is 0 Å². The first-order valence-corrected chi connectivity index (χ1v) is 5.79. The number of pyridine rings is 1. The lowest BCUT2D eigenvalue weighted by Crippen LogP contribution is -2.07. The van der Waals surface area contributed by atoms with E-state index in [0.29, 0.717) is 11.3 Å². The number of non-ortho nitro benzene ring substituents is 1. The number of nitrogens with zero attached hydrogens (tertiary/aromatic N) is 2. The summed E-state index contributed by atoms with van der Waals surface area (Å²) in [6.45, 7) is 0. The number of hydrogen-bond donors (Lipinski definition) is 1. The Hall–Kier alpha value is -3.02. The second kappa shape index (κ2) is 6.24. The second-order valence-electron chi connectivity index (χ2n) is 3.91. The summed E-state index contributed by atoms with van der Waals surface area (Å²) in [6, 6.07) is 9.38. The van der Waals surface area contributed by atoms with Crippen LogP contribution in [0.5, 0.6) is 0 Å². The van der Waals surface area contributed by atoms with Gasteiger partial charge < -0.3 is 5.32 Å². The van der Waals surface area contributed by atoms with Crippen LogP contribution in [-0.4, -0.2) is 15.8 Å². The number of hydrogen-bond acceptors (Lipinski definition) is 4. The number of benzene rings is 1. The first-order chi connectivity index (χ1) is 9.65. The Morgan fingerprint density at radius 2 is 2.00 bits per heavy atom. The van der Waals surface area contributed by atoms with Gasteiger partial charge in [0.2, 0.25) is 5.91 Å². The molecule has 0 radical (unpaired) electrons. The molecular weight excluding hydrogens is 258 g/mol. The van der Waals surface area contributed by atoms with Crippen LogP contribution >= 0.6 is 0 Å². The molecule has 0 spiro atoms. The molecule has 1 heterocycles. The van der Waals surface area contributed by atoms with Gasteiger partial charge >= 0.3 is 0 Å². The molecule has 20 heavy (non-hydrogen) atoms. The van der Waals surface area contributed by atoms with Crippen molar-refractivity contribution in [3.05, 3.63) is 70.5 Å². The summed E-state index contributed by atoms with van der Waals surface area (Å²) < 4.78 is 0. The number of nitro benzene ring substituents is 1. The Morgan fingerprint density at radius 1 is 1.25 bits per heavy atom. The molecule has 1 aromatic heterocycles. The molecule has 0 saturated heterocycles. The smallest absolute Gasteiger partial charge is 0.270 e. The highest BCUT2D eigenvalue weighted by Crippen LogP contribution is 2.14.